The summed E-state index contributed by atoms with van der Waals surface area (Å²) in [6.45, 7) is 0.109. The van der Waals surface area contributed by atoms with Crippen LogP contribution in [-0.4, -0.2) is 31.5 Å². The molecule has 7 heteroatoms. The van der Waals surface area contributed by atoms with Crippen molar-refractivity contribution in [2.75, 3.05) is 19.0 Å². The first-order valence-electron chi connectivity index (χ1n) is 9.59. The van der Waals surface area contributed by atoms with Crippen molar-refractivity contribution in [2.45, 2.75) is 6.54 Å². The van der Waals surface area contributed by atoms with Crippen LogP contribution in [0.1, 0.15) is 26.3 Å². The molecule has 0 bridgehead atoms. The highest BCUT2D eigenvalue weighted by Crippen LogP contribution is 2.18. The molecule has 158 valence electrons. The number of carbonyl (C=O) groups is 3. The van der Waals surface area contributed by atoms with E-state index < -0.39 is 11.9 Å². The zero-order valence-electron chi connectivity index (χ0n) is 17.0. The second kappa shape index (κ2) is 10.6. The SMILES string of the molecule is COC(=O)c1ccc(NC(=O)COc2ccccc2C(=O)NCc2ccccc2)cc1. The molecule has 3 rings (SSSR count). The van der Waals surface area contributed by atoms with Crippen LogP contribution in [0.15, 0.2) is 78.9 Å². The number of anilines is 1. The molecule has 0 aliphatic rings. The molecule has 3 aromatic carbocycles. The largest absolute Gasteiger partial charge is 0.483 e. The summed E-state index contributed by atoms with van der Waals surface area (Å²) >= 11 is 0. The van der Waals surface area contributed by atoms with Crippen LogP contribution in [0.4, 0.5) is 5.69 Å². The van der Waals surface area contributed by atoms with Crippen LogP contribution >= 0.6 is 0 Å². The first kappa shape index (κ1) is 21.6. The highest BCUT2D eigenvalue weighted by Gasteiger charge is 2.13. The fraction of sp³-hybridized carbons (Fsp3) is 0.125. The molecular weight excluding hydrogens is 396 g/mol. The summed E-state index contributed by atoms with van der Waals surface area (Å²) in [5.74, 6) is -0.837. The smallest absolute Gasteiger partial charge is 0.337 e. The van der Waals surface area contributed by atoms with Crippen molar-refractivity contribution in [1.29, 1.82) is 0 Å². The van der Waals surface area contributed by atoms with Crippen molar-refractivity contribution >= 4 is 23.5 Å². The van der Waals surface area contributed by atoms with E-state index in [1.54, 1.807) is 48.5 Å². The van der Waals surface area contributed by atoms with Gasteiger partial charge in [-0.1, -0.05) is 42.5 Å². The predicted molar refractivity (Wildman–Crippen MR) is 116 cm³/mol. The van der Waals surface area contributed by atoms with E-state index in [9.17, 15) is 14.4 Å². The second-order valence-electron chi connectivity index (χ2n) is 6.57. The van der Waals surface area contributed by atoms with Crippen molar-refractivity contribution in [1.82, 2.24) is 5.32 Å². The molecule has 0 heterocycles. The number of amides is 2. The number of benzene rings is 3. The summed E-state index contributed by atoms with van der Waals surface area (Å²) in [7, 11) is 1.30. The van der Waals surface area contributed by atoms with E-state index in [1.165, 1.54) is 7.11 Å². The van der Waals surface area contributed by atoms with Crippen molar-refractivity contribution < 1.29 is 23.9 Å². The fourth-order valence-electron chi connectivity index (χ4n) is 2.80. The van der Waals surface area contributed by atoms with Gasteiger partial charge in [0.2, 0.25) is 0 Å². The van der Waals surface area contributed by atoms with Gasteiger partial charge in [0.15, 0.2) is 6.61 Å². The predicted octanol–water partition coefficient (Wildman–Crippen LogP) is 3.42. The van der Waals surface area contributed by atoms with Crippen LogP contribution in [0.25, 0.3) is 0 Å². The average Bonchev–Trinajstić information content (AvgIpc) is 2.82. The van der Waals surface area contributed by atoms with E-state index in [0.29, 0.717) is 29.1 Å². The zero-order valence-corrected chi connectivity index (χ0v) is 17.0. The molecule has 0 atom stereocenters. The maximum Gasteiger partial charge on any atom is 0.337 e. The molecule has 0 aromatic heterocycles. The van der Waals surface area contributed by atoms with Gasteiger partial charge < -0.3 is 20.1 Å². The third kappa shape index (κ3) is 6.17. The van der Waals surface area contributed by atoms with Gasteiger partial charge in [0, 0.05) is 12.2 Å². The Hall–Kier alpha value is -4.13. The van der Waals surface area contributed by atoms with E-state index in [2.05, 4.69) is 15.4 Å². The number of esters is 1. The van der Waals surface area contributed by atoms with Crippen molar-refractivity contribution in [3.8, 4) is 5.75 Å². The number of nitrogens with one attached hydrogen (secondary N) is 2. The van der Waals surface area contributed by atoms with E-state index in [1.807, 2.05) is 30.3 Å². The summed E-state index contributed by atoms with van der Waals surface area (Å²) in [6, 6.07) is 22.6. The van der Waals surface area contributed by atoms with E-state index in [0.717, 1.165) is 5.56 Å². The Kier molecular flexibility index (Phi) is 7.37. The molecular formula is C24H22N2O5. The van der Waals surface area contributed by atoms with Gasteiger partial charge >= 0.3 is 5.97 Å². The summed E-state index contributed by atoms with van der Waals surface area (Å²) in [4.78, 5) is 36.2. The molecule has 0 spiro atoms. The molecule has 0 saturated heterocycles. The lowest BCUT2D eigenvalue weighted by molar-refractivity contribution is -0.118. The molecule has 0 unspecified atom stereocenters. The third-order valence-corrected chi connectivity index (χ3v) is 4.38. The summed E-state index contributed by atoms with van der Waals surface area (Å²) in [5.41, 5.74) is 2.21. The number of rotatable bonds is 8. The lowest BCUT2D eigenvalue weighted by atomic mass is 10.1. The summed E-state index contributed by atoms with van der Waals surface area (Å²) in [6.07, 6.45) is 0. The fourth-order valence-corrected chi connectivity index (χ4v) is 2.80. The first-order chi connectivity index (χ1) is 15.1. The van der Waals surface area contributed by atoms with Crippen LogP contribution in [0.3, 0.4) is 0 Å². The number of methoxy groups -OCH3 is 1. The quantitative estimate of drug-likeness (QED) is 0.547. The molecule has 3 aromatic rings. The highest BCUT2D eigenvalue weighted by atomic mass is 16.5. The maximum absolute atomic E-state index is 12.6. The van der Waals surface area contributed by atoms with Crippen molar-refractivity contribution in [3.63, 3.8) is 0 Å². The molecule has 0 fully saturated rings. The normalized spacial score (nSPS) is 10.1. The second-order valence-corrected chi connectivity index (χ2v) is 6.57. The molecule has 0 aliphatic carbocycles. The Morgan fingerprint density at radius 2 is 1.52 bits per heavy atom. The van der Waals surface area contributed by atoms with Gasteiger partial charge in [-0.2, -0.15) is 0 Å². The lowest BCUT2D eigenvalue weighted by Gasteiger charge is -2.12. The topological polar surface area (TPSA) is 93.7 Å². The van der Waals surface area contributed by atoms with Gasteiger partial charge in [0.25, 0.3) is 11.8 Å². The van der Waals surface area contributed by atoms with Crippen LogP contribution < -0.4 is 15.4 Å². The van der Waals surface area contributed by atoms with Gasteiger partial charge in [0.05, 0.1) is 18.2 Å². The zero-order chi connectivity index (χ0) is 22.1. The Morgan fingerprint density at radius 1 is 0.839 bits per heavy atom. The molecule has 0 aliphatic heterocycles. The summed E-state index contributed by atoms with van der Waals surface area (Å²) in [5, 5.41) is 5.52. The van der Waals surface area contributed by atoms with Crippen LogP contribution in [0.5, 0.6) is 5.75 Å². The Morgan fingerprint density at radius 3 is 2.23 bits per heavy atom. The number of para-hydroxylation sites is 1. The average molecular weight is 418 g/mol. The van der Waals surface area contributed by atoms with Crippen LogP contribution in [0.2, 0.25) is 0 Å². The third-order valence-electron chi connectivity index (χ3n) is 4.38. The molecule has 31 heavy (non-hydrogen) atoms. The number of hydrogen-bond acceptors (Lipinski definition) is 5. The molecule has 0 radical (unpaired) electrons. The Bertz CT molecular complexity index is 1050. The minimum Gasteiger partial charge on any atom is -0.483 e. The van der Waals surface area contributed by atoms with E-state index >= 15 is 0 Å². The number of ether oxygens (including phenoxy) is 2. The van der Waals surface area contributed by atoms with Crippen molar-refractivity contribution in [3.05, 3.63) is 95.6 Å². The van der Waals surface area contributed by atoms with Gasteiger partial charge in [-0.15, -0.1) is 0 Å². The molecule has 2 amide bonds. The monoisotopic (exact) mass is 418 g/mol. The van der Waals surface area contributed by atoms with Gasteiger partial charge in [0.1, 0.15) is 5.75 Å². The van der Waals surface area contributed by atoms with E-state index in [-0.39, 0.29) is 12.5 Å². The highest BCUT2D eigenvalue weighted by molar-refractivity contribution is 5.97. The lowest BCUT2D eigenvalue weighted by Crippen LogP contribution is -2.25. The minimum absolute atomic E-state index is 0.276. The van der Waals surface area contributed by atoms with E-state index in [4.69, 9.17) is 4.74 Å². The molecule has 2 N–H and O–H groups in total. The number of hydrogen-bond donors (Lipinski definition) is 2. The summed E-state index contributed by atoms with van der Waals surface area (Å²) < 4.78 is 10.2. The molecule has 7 nitrogen and oxygen atoms in total. The number of carbonyl (C=O) groups excluding carboxylic acids is 3. The maximum atomic E-state index is 12.6. The van der Waals surface area contributed by atoms with Crippen molar-refractivity contribution in [2.24, 2.45) is 0 Å². The standard InChI is InChI=1S/C24H22N2O5/c1-30-24(29)18-11-13-19(14-12-18)26-22(27)16-31-21-10-6-5-9-20(21)23(28)25-15-17-7-3-2-4-8-17/h2-14H,15-16H2,1H3,(H,25,28)(H,26,27). The van der Waals surface area contributed by atoms with Crippen LogP contribution in [0, 0.1) is 0 Å². The Labute approximate surface area is 180 Å². The minimum atomic E-state index is -0.455. The van der Waals surface area contributed by atoms with Gasteiger partial charge in [-0.05, 0) is 42.0 Å². The molecule has 0 saturated carbocycles. The first-order valence-corrected chi connectivity index (χ1v) is 9.59. The van der Waals surface area contributed by atoms with Gasteiger partial charge in [-0.25, -0.2) is 4.79 Å². The van der Waals surface area contributed by atoms with Gasteiger partial charge in [-0.3, -0.25) is 9.59 Å². The van der Waals surface area contributed by atoms with Crippen LogP contribution in [-0.2, 0) is 16.1 Å². The Balaban J connectivity index is 1.56.